The molecule has 1 aliphatic heterocycles. The molecule has 2 heterocycles. The second kappa shape index (κ2) is 3.24. The molecular formula is C11H9NO2S. The Morgan fingerprint density at radius 3 is 3.00 bits per heavy atom. The van der Waals surface area contributed by atoms with Gasteiger partial charge in [0.2, 0.25) is 0 Å². The van der Waals surface area contributed by atoms with Crippen molar-refractivity contribution >= 4 is 27.5 Å². The van der Waals surface area contributed by atoms with Gasteiger partial charge >= 0.3 is 6.09 Å². The van der Waals surface area contributed by atoms with Crippen LogP contribution in [0.1, 0.15) is 11.0 Å². The van der Waals surface area contributed by atoms with E-state index in [9.17, 15) is 4.79 Å². The van der Waals surface area contributed by atoms with Gasteiger partial charge in [0.1, 0.15) is 0 Å². The second-order valence-corrected chi connectivity index (χ2v) is 4.58. The summed E-state index contributed by atoms with van der Waals surface area (Å²) in [4.78, 5) is 12.0. The number of carbonyl (C=O) groups excluding carboxylic acids is 1. The number of thiophene rings is 1. The van der Waals surface area contributed by atoms with Gasteiger partial charge in [0.05, 0.1) is 6.54 Å². The normalized spacial score (nSPS) is 20.3. The van der Waals surface area contributed by atoms with Crippen molar-refractivity contribution in [2.45, 2.75) is 6.10 Å². The molecule has 1 aromatic carbocycles. The van der Waals surface area contributed by atoms with E-state index in [2.05, 4.69) is 23.5 Å². The van der Waals surface area contributed by atoms with Crippen LogP contribution in [0, 0.1) is 0 Å². The molecule has 1 fully saturated rings. The second-order valence-electron chi connectivity index (χ2n) is 3.46. The zero-order valence-electron chi connectivity index (χ0n) is 7.90. The zero-order chi connectivity index (χ0) is 10.3. The summed E-state index contributed by atoms with van der Waals surface area (Å²) in [7, 11) is 0. The molecule has 15 heavy (non-hydrogen) atoms. The van der Waals surface area contributed by atoms with E-state index in [1.54, 1.807) is 11.3 Å². The molecule has 76 valence electrons. The first-order valence-corrected chi connectivity index (χ1v) is 5.57. The van der Waals surface area contributed by atoms with Gasteiger partial charge < -0.3 is 10.1 Å². The van der Waals surface area contributed by atoms with Crippen LogP contribution < -0.4 is 5.32 Å². The number of benzene rings is 1. The van der Waals surface area contributed by atoms with E-state index in [1.165, 1.54) is 10.1 Å². The number of nitrogens with one attached hydrogen (secondary N) is 1. The predicted molar refractivity (Wildman–Crippen MR) is 59.0 cm³/mol. The molecule has 1 aliphatic rings. The molecule has 0 saturated carbocycles. The van der Waals surface area contributed by atoms with Crippen LogP contribution in [0.25, 0.3) is 10.1 Å². The summed E-state index contributed by atoms with van der Waals surface area (Å²) in [5.74, 6) is 0. The summed E-state index contributed by atoms with van der Waals surface area (Å²) in [6.07, 6.45) is -0.438. The highest BCUT2D eigenvalue weighted by molar-refractivity contribution is 7.19. The number of rotatable bonds is 1. The summed E-state index contributed by atoms with van der Waals surface area (Å²) in [6.45, 7) is 0.575. The number of hydrogen-bond acceptors (Lipinski definition) is 3. The molecule has 0 bridgehead atoms. The topological polar surface area (TPSA) is 38.3 Å². The number of ether oxygens (including phenoxy) is 1. The van der Waals surface area contributed by atoms with Crippen molar-refractivity contribution in [3.63, 3.8) is 0 Å². The van der Waals surface area contributed by atoms with Crippen molar-refractivity contribution in [1.82, 2.24) is 5.32 Å². The SMILES string of the molecule is O=C1NCC(c2cc3ccccc3s2)O1. The molecule has 1 N–H and O–H groups in total. The van der Waals surface area contributed by atoms with Crippen LogP contribution in [-0.4, -0.2) is 12.6 Å². The number of alkyl carbamates (subject to hydrolysis) is 1. The van der Waals surface area contributed by atoms with Crippen LogP contribution in [0.4, 0.5) is 4.79 Å². The Morgan fingerprint density at radius 2 is 2.27 bits per heavy atom. The smallest absolute Gasteiger partial charge is 0.407 e. The molecule has 3 rings (SSSR count). The van der Waals surface area contributed by atoms with Crippen LogP contribution in [0.5, 0.6) is 0 Å². The first-order chi connectivity index (χ1) is 7.33. The minimum atomic E-state index is -0.322. The summed E-state index contributed by atoms with van der Waals surface area (Å²) in [6, 6.07) is 10.3. The van der Waals surface area contributed by atoms with Crippen molar-refractivity contribution < 1.29 is 9.53 Å². The summed E-state index contributed by atoms with van der Waals surface area (Å²) >= 11 is 1.68. The summed E-state index contributed by atoms with van der Waals surface area (Å²) in [5, 5.41) is 3.87. The fourth-order valence-electron chi connectivity index (χ4n) is 1.71. The van der Waals surface area contributed by atoms with Gasteiger partial charge in [0, 0.05) is 9.58 Å². The largest absolute Gasteiger partial charge is 0.439 e. The lowest BCUT2D eigenvalue weighted by molar-refractivity contribution is 0.142. The lowest BCUT2D eigenvalue weighted by Gasteiger charge is -2.02. The Bertz CT molecular complexity index is 487. The molecule has 1 saturated heterocycles. The Labute approximate surface area is 90.7 Å². The molecule has 4 heteroatoms. The third kappa shape index (κ3) is 1.47. The van der Waals surface area contributed by atoms with Gasteiger partial charge in [0.15, 0.2) is 6.10 Å². The van der Waals surface area contributed by atoms with Crippen molar-refractivity contribution in [1.29, 1.82) is 0 Å². The van der Waals surface area contributed by atoms with Crippen LogP contribution in [0.2, 0.25) is 0 Å². The molecule has 1 atom stereocenters. The maximum absolute atomic E-state index is 10.9. The number of carbonyl (C=O) groups is 1. The number of fused-ring (bicyclic) bond motifs is 1. The monoisotopic (exact) mass is 219 g/mol. The van der Waals surface area contributed by atoms with Crippen LogP contribution >= 0.6 is 11.3 Å². The zero-order valence-corrected chi connectivity index (χ0v) is 8.71. The third-order valence-corrected chi connectivity index (χ3v) is 3.65. The van der Waals surface area contributed by atoms with E-state index in [0.29, 0.717) is 6.54 Å². The Kier molecular flexibility index (Phi) is 1.89. The molecule has 1 unspecified atom stereocenters. The molecule has 3 nitrogen and oxygen atoms in total. The minimum absolute atomic E-state index is 0.116. The highest BCUT2D eigenvalue weighted by Gasteiger charge is 2.25. The Morgan fingerprint density at radius 1 is 1.40 bits per heavy atom. The molecule has 0 spiro atoms. The van der Waals surface area contributed by atoms with Gasteiger partial charge in [-0.3, -0.25) is 0 Å². The predicted octanol–water partition coefficient (Wildman–Crippen LogP) is 2.68. The third-order valence-electron chi connectivity index (χ3n) is 2.44. The van der Waals surface area contributed by atoms with E-state index in [1.807, 2.05) is 12.1 Å². The number of hydrogen-bond donors (Lipinski definition) is 1. The summed E-state index contributed by atoms with van der Waals surface area (Å²) < 4.78 is 6.37. The van der Waals surface area contributed by atoms with Crippen LogP contribution in [0.3, 0.4) is 0 Å². The highest BCUT2D eigenvalue weighted by Crippen LogP contribution is 2.32. The maximum atomic E-state index is 10.9. The average Bonchev–Trinajstić information content (AvgIpc) is 2.82. The lowest BCUT2D eigenvalue weighted by Crippen LogP contribution is -2.12. The number of cyclic esters (lactones) is 1. The molecule has 1 amide bonds. The van der Waals surface area contributed by atoms with Crippen molar-refractivity contribution in [3.8, 4) is 0 Å². The average molecular weight is 219 g/mol. The molecule has 1 aromatic heterocycles. The molecule has 0 radical (unpaired) electrons. The van der Waals surface area contributed by atoms with E-state index in [4.69, 9.17) is 4.74 Å². The molecular weight excluding hydrogens is 210 g/mol. The maximum Gasteiger partial charge on any atom is 0.407 e. The highest BCUT2D eigenvalue weighted by atomic mass is 32.1. The van der Waals surface area contributed by atoms with Gasteiger partial charge in [0.25, 0.3) is 0 Å². The number of amides is 1. The van der Waals surface area contributed by atoms with Gasteiger partial charge in [-0.15, -0.1) is 11.3 Å². The van der Waals surface area contributed by atoms with Crippen molar-refractivity contribution in [2.24, 2.45) is 0 Å². The molecule has 0 aliphatic carbocycles. The standard InChI is InChI=1S/C11H9NO2S/c13-11-12-6-8(14-11)10-5-7-3-1-2-4-9(7)15-10/h1-5,8H,6H2,(H,12,13). The first-order valence-electron chi connectivity index (χ1n) is 4.76. The van der Waals surface area contributed by atoms with Crippen molar-refractivity contribution in [3.05, 3.63) is 35.2 Å². The van der Waals surface area contributed by atoms with E-state index in [-0.39, 0.29) is 12.2 Å². The Balaban J connectivity index is 2.01. The van der Waals surface area contributed by atoms with Gasteiger partial charge in [-0.2, -0.15) is 0 Å². The first kappa shape index (κ1) is 8.73. The lowest BCUT2D eigenvalue weighted by atomic mass is 10.2. The van der Waals surface area contributed by atoms with Gasteiger partial charge in [-0.1, -0.05) is 18.2 Å². The quantitative estimate of drug-likeness (QED) is 0.800. The van der Waals surface area contributed by atoms with Gasteiger partial charge in [-0.25, -0.2) is 4.79 Å². The van der Waals surface area contributed by atoms with E-state index in [0.717, 1.165) is 4.88 Å². The van der Waals surface area contributed by atoms with Crippen LogP contribution in [0.15, 0.2) is 30.3 Å². The Hall–Kier alpha value is -1.55. The fraction of sp³-hybridized carbons (Fsp3) is 0.182. The van der Waals surface area contributed by atoms with Crippen LogP contribution in [-0.2, 0) is 4.74 Å². The van der Waals surface area contributed by atoms with E-state index >= 15 is 0 Å². The van der Waals surface area contributed by atoms with E-state index < -0.39 is 0 Å². The fourth-order valence-corrected chi connectivity index (χ4v) is 2.80. The summed E-state index contributed by atoms with van der Waals surface area (Å²) in [5.41, 5.74) is 0. The minimum Gasteiger partial charge on any atom is -0.439 e. The molecule has 2 aromatic rings. The van der Waals surface area contributed by atoms with Crippen molar-refractivity contribution in [2.75, 3.05) is 6.54 Å². The van der Waals surface area contributed by atoms with Gasteiger partial charge in [-0.05, 0) is 17.5 Å².